The summed E-state index contributed by atoms with van der Waals surface area (Å²) in [6.45, 7) is 6.22. The van der Waals surface area contributed by atoms with Gasteiger partial charge in [-0.25, -0.2) is 4.98 Å². The number of para-hydroxylation sites is 1. The van der Waals surface area contributed by atoms with Crippen LogP contribution in [0.4, 0.5) is 0 Å². The van der Waals surface area contributed by atoms with Gasteiger partial charge in [-0.15, -0.1) is 0 Å². The SMILES string of the molecule is Cc1ncc(CNC(C)CCN(C)C)n1-c1ccccc1. The number of hydrogen-bond donors (Lipinski definition) is 1. The number of nitrogens with one attached hydrogen (secondary N) is 1. The first-order chi connectivity index (χ1) is 10.1. The van der Waals surface area contributed by atoms with Crippen molar-refractivity contribution in [2.75, 3.05) is 20.6 Å². The van der Waals surface area contributed by atoms with Crippen LogP contribution in [0.3, 0.4) is 0 Å². The van der Waals surface area contributed by atoms with Gasteiger partial charge in [-0.3, -0.25) is 4.57 Å². The van der Waals surface area contributed by atoms with Gasteiger partial charge in [-0.05, 0) is 53.0 Å². The summed E-state index contributed by atoms with van der Waals surface area (Å²) in [6.07, 6.45) is 3.11. The topological polar surface area (TPSA) is 33.1 Å². The molecule has 0 radical (unpaired) electrons. The summed E-state index contributed by atoms with van der Waals surface area (Å²) in [5.74, 6) is 1.03. The van der Waals surface area contributed by atoms with Crippen molar-refractivity contribution < 1.29 is 0 Å². The second kappa shape index (κ2) is 7.38. The summed E-state index contributed by atoms with van der Waals surface area (Å²) in [7, 11) is 4.22. The lowest BCUT2D eigenvalue weighted by Gasteiger charge is -2.17. The normalized spacial score (nSPS) is 12.8. The first kappa shape index (κ1) is 15.7. The van der Waals surface area contributed by atoms with Crippen LogP contribution in [0.2, 0.25) is 0 Å². The largest absolute Gasteiger partial charge is 0.309 e. The molecule has 0 spiro atoms. The van der Waals surface area contributed by atoms with Gasteiger partial charge in [0, 0.05) is 18.3 Å². The van der Waals surface area contributed by atoms with Crippen molar-refractivity contribution in [2.24, 2.45) is 0 Å². The molecule has 0 saturated heterocycles. The van der Waals surface area contributed by atoms with Crippen LogP contribution in [-0.4, -0.2) is 41.1 Å². The first-order valence-corrected chi connectivity index (χ1v) is 7.54. The second-order valence-corrected chi connectivity index (χ2v) is 5.84. The van der Waals surface area contributed by atoms with Crippen LogP contribution in [0.1, 0.15) is 24.9 Å². The monoisotopic (exact) mass is 286 g/mol. The van der Waals surface area contributed by atoms with E-state index in [1.807, 2.05) is 19.2 Å². The van der Waals surface area contributed by atoms with E-state index in [1.54, 1.807) is 0 Å². The van der Waals surface area contributed by atoms with Crippen LogP contribution in [0.15, 0.2) is 36.5 Å². The molecule has 2 rings (SSSR count). The van der Waals surface area contributed by atoms with Crippen molar-refractivity contribution in [2.45, 2.75) is 32.9 Å². The van der Waals surface area contributed by atoms with Crippen molar-refractivity contribution >= 4 is 0 Å². The summed E-state index contributed by atoms with van der Waals surface area (Å²) < 4.78 is 2.21. The fourth-order valence-corrected chi connectivity index (χ4v) is 2.38. The molecule has 114 valence electrons. The van der Waals surface area contributed by atoms with Crippen molar-refractivity contribution in [1.29, 1.82) is 0 Å². The molecule has 0 amide bonds. The van der Waals surface area contributed by atoms with E-state index in [1.165, 1.54) is 11.4 Å². The van der Waals surface area contributed by atoms with Crippen molar-refractivity contribution in [3.8, 4) is 5.69 Å². The highest BCUT2D eigenvalue weighted by atomic mass is 15.1. The highest BCUT2D eigenvalue weighted by Crippen LogP contribution is 2.14. The highest BCUT2D eigenvalue weighted by Gasteiger charge is 2.09. The molecule has 2 aromatic rings. The van der Waals surface area contributed by atoms with Crippen LogP contribution in [0.25, 0.3) is 5.69 Å². The Morgan fingerprint density at radius 1 is 1.24 bits per heavy atom. The van der Waals surface area contributed by atoms with E-state index in [0.717, 1.165) is 25.3 Å². The van der Waals surface area contributed by atoms with E-state index >= 15 is 0 Å². The molecule has 1 heterocycles. The van der Waals surface area contributed by atoms with E-state index in [2.05, 4.69) is 65.1 Å². The van der Waals surface area contributed by atoms with Gasteiger partial charge in [-0.1, -0.05) is 18.2 Å². The van der Waals surface area contributed by atoms with E-state index in [9.17, 15) is 0 Å². The lowest BCUT2D eigenvalue weighted by atomic mass is 10.2. The van der Waals surface area contributed by atoms with Gasteiger partial charge in [0.05, 0.1) is 11.9 Å². The molecule has 0 aliphatic carbocycles. The average molecular weight is 286 g/mol. The molecule has 0 fully saturated rings. The van der Waals surface area contributed by atoms with Gasteiger partial charge in [0.15, 0.2) is 0 Å². The maximum absolute atomic E-state index is 4.46. The Balaban J connectivity index is 2.02. The quantitative estimate of drug-likeness (QED) is 0.849. The Hall–Kier alpha value is -1.65. The standard InChI is InChI=1S/C17H26N4/c1-14(10-11-20(3)4)18-12-17-13-19-15(2)21(17)16-8-6-5-7-9-16/h5-9,13-14,18H,10-12H2,1-4H3. The first-order valence-electron chi connectivity index (χ1n) is 7.54. The van der Waals surface area contributed by atoms with Crippen LogP contribution in [0, 0.1) is 6.92 Å². The number of imidazole rings is 1. The zero-order chi connectivity index (χ0) is 15.2. The molecule has 1 N–H and O–H groups in total. The van der Waals surface area contributed by atoms with Crippen LogP contribution < -0.4 is 5.32 Å². The Morgan fingerprint density at radius 2 is 1.95 bits per heavy atom. The third-order valence-corrected chi connectivity index (χ3v) is 3.67. The molecular weight excluding hydrogens is 260 g/mol. The Morgan fingerprint density at radius 3 is 2.62 bits per heavy atom. The maximum Gasteiger partial charge on any atom is 0.110 e. The van der Waals surface area contributed by atoms with Crippen molar-refractivity contribution in [1.82, 2.24) is 19.8 Å². The number of hydrogen-bond acceptors (Lipinski definition) is 3. The van der Waals surface area contributed by atoms with Gasteiger partial charge in [0.25, 0.3) is 0 Å². The predicted octanol–water partition coefficient (Wildman–Crippen LogP) is 2.61. The number of aromatic nitrogens is 2. The number of rotatable bonds is 7. The number of nitrogens with zero attached hydrogens (tertiary/aromatic N) is 3. The average Bonchev–Trinajstić information content (AvgIpc) is 2.84. The van der Waals surface area contributed by atoms with Crippen LogP contribution in [-0.2, 0) is 6.54 Å². The maximum atomic E-state index is 4.46. The second-order valence-electron chi connectivity index (χ2n) is 5.84. The summed E-state index contributed by atoms with van der Waals surface area (Å²) in [6, 6.07) is 10.9. The summed E-state index contributed by atoms with van der Waals surface area (Å²) in [4.78, 5) is 6.68. The zero-order valence-corrected chi connectivity index (χ0v) is 13.5. The minimum atomic E-state index is 0.492. The molecule has 1 aromatic heterocycles. The summed E-state index contributed by atoms with van der Waals surface area (Å²) in [5, 5.41) is 3.59. The molecular formula is C17H26N4. The minimum absolute atomic E-state index is 0.492. The minimum Gasteiger partial charge on any atom is -0.309 e. The number of benzene rings is 1. The van der Waals surface area contributed by atoms with E-state index in [0.29, 0.717) is 6.04 Å². The van der Waals surface area contributed by atoms with Gasteiger partial charge in [-0.2, -0.15) is 0 Å². The Kier molecular flexibility index (Phi) is 5.53. The smallest absolute Gasteiger partial charge is 0.110 e. The fraction of sp³-hybridized carbons (Fsp3) is 0.471. The Labute approximate surface area is 127 Å². The Bertz CT molecular complexity index is 545. The summed E-state index contributed by atoms with van der Waals surface area (Å²) in [5.41, 5.74) is 2.38. The summed E-state index contributed by atoms with van der Waals surface area (Å²) >= 11 is 0. The predicted molar refractivity (Wildman–Crippen MR) is 87.8 cm³/mol. The van der Waals surface area contributed by atoms with Crippen molar-refractivity contribution in [3.05, 3.63) is 48.0 Å². The lowest BCUT2D eigenvalue weighted by molar-refractivity contribution is 0.365. The molecule has 4 nitrogen and oxygen atoms in total. The van der Waals surface area contributed by atoms with Crippen LogP contribution >= 0.6 is 0 Å². The zero-order valence-electron chi connectivity index (χ0n) is 13.5. The molecule has 1 atom stereocenters. The van der Waals surface area contributed by atoms with Gasteiger partial charge < -0.3 is 10.2 Å². The molecule has 0 aliphatic heterocycles. The van der Waals surface area contributed by atoms with Crippen molar-refractivity contribution in [3.63, 3.8) is 0 Å². The number of aryl methyl sites for hydroxylation is 1. The fourth-order valence-electron chi connectivity index (χ4n) is 2.38. The molecule has 1 aromatic carbocycles. The van der Waals surface area contributed by atoms with Gasteiger partial charge in [0.2, 0.25) is 0 Å². The lowest BCUT2D eigenvalue weighted by Crippen LogP contribution is -2.30. The molecule has 0 saturated carbocycles. The van der Waals surface area contributed by atoms with Gasteiger partial charge in [0.1, 0.15) is 5.82 Å². The third-order valence-electron chi connectivity index (χ3n) is 3.67. The molecule has 0 bridgehead atoms. The molecule has 21 heavy (non-hydrogen) atoms. The van der Waals surface area contributed by atoms with Gasteiger partial charge >= 0.3 is 0 Å². The molecule has 4 heteroatoms. The van der Waals surface area contributed by atoms with E-state index in [4.69, 9.17) is 0 Å². The molecule has 0 aliphatic rings. The van der Waals surface area contributed by atoms with E-state index < -0.39 is 0 Å². The van der Waals surface area contributed by atoms with Crippen LogP contribution in [0.5, 0.6) is 0 Å². The molecule has 1 unspecified atom stereocenters. The highest BCUT2D eigenvalue weighted by molar-refractivity contribution is 5.35. The third kappa shape index (κ3) is 4.41. The van der Waals surface area contributed by atoms with E-state index in [-0.39, 0.29) is 0 Å².